The summed E-state index contributed by atoms with van der Waals surface area (Å²) in [6.07, 6.45) is -4.83. The lowest BCUT2D eigenvalue weighted by Crippen LogP contribution is -2.19. The number of benzene rings is 1. The molecule has 8 heteroatoms. The third-order valence-corrected chi connectivity index (χ3v) is 3.14. The maximum absolute atomic E-state index is 13.0. The maximum Gasteiger partial charge on any atom is 0.417 e. The second kappa shape index (κ2) is 5.73. The Morgan fingerprint density at radius 3 is 2.55 bits per heavy atom. The van der Waals surface area contributed by atoms with Crippen molar-refractivity contribution in [3.05, 3.63) is 50.8 Å². The van der Waals surface area contributed by atoms with Crippen LogP contribution in [-0.2, 0) is 6.18 Å². The first-order valence-corrected chi connectivity index (χ1v) is 6.24. The SMILES string of the molecule is COc1ccc(Cl)cc1-c1cc(C(F)(F)F)c(C#N)c(=O)[nH]1. The average Bonchev–Trinajstić information content (AvgIpc) is 2.45. The van der Waals surface area contributed by atoms with Crippen LogP contribution in [0.15, 0.2) is 29.1 Å². The second-order valence-corrected chi connectivity index (χ2v) is 4.69. The molecule has 0 amide bonds. The molecule has 0 atom stereocenters. The number of pyridine rings is 1. The fraction of sp³-hybridized carbons (Fsp3) is 0.143. The highest BCUT2D eigenvalue weighted by atomic mass is 35.5. The summed E-state index contributed by atoms with van der Waals surface area (Å²) in [6.45, 7) is 0. The van der Waals surface area contributed by atoms with Crippen LogP contribution in [0.1, 0.15) is 11.1 Å². The molecule has 1 aromatic carbocycles. The summed E-state index contributed by atoms with van der Waals surface area (Å²) in [7, 11) is 1.33. The van der Waals surface area contributed by atoms with Crippen molar-refractivity contribution in [1.29, 1.82) is 5.26 Å². The monoisotopic (exact) mass is 328 g/mol. The number of nitriles is 1. The topological polar surface area (TPSA) is 65.9 Å². The van der Waals surface area contributed by atoms with Gasteiger partial charge in [0.25, 0.3) is 5.56 Å². The summed E-state index contributed by atoms with van der Waals surface area (Å²) in [5, 5.41) is 9.01. The van der Waals surface area contributed by atoms with Crippen LogP contribution in [0.4, 0.5) is 13.2 Å². The smallest absolute Gasteiger partial charge is 0.417 e. The van der Waals surface area contributed by atoms with Gasteiger partial charge in [0.1, 0.15) is 17.4 Å². The van der Waals surface area contributed by atoms with Crippen LogP contribution in [0.25, 0.3) is 11.3 Å². The van der Waals surface area contributed by atoms with Crippen LogP contribution in [0.2, 0.25) is 5.02 Å². The van der Waals surface area contributed by atoms with Crippen LogP contribution in [0, 0.1) is 11.3 Å². The van der Waals surface area contributed by atoms with Crippen molar-refractivity contribution in [2.75, 3.05) is 7.11 Å². The number of rotatable bonds is 2. The predicted molar refractivity (Wildman–Crippen MR) is 73.8 cm³/mol. The average molecular weight is 329 g/mol. The Kier molecular flexibility index (Phi) is 4.15. The van der Waals surface area contributed by atoms with E-state index in [1.165, 1.54) is 31.4 Å². The highest BCUT2D eigenvalue weighted by molar-refractivity contribution is 6.30. The largest absolute Gasteiger partial charge is 0.496 e. The first kappa shape index (κ1) is 15.9. The molecule has 1 heterocycles. The molecular formula is C14H8ClF3N2O2. The molecule has 0 spiro atoms. The normalized spacial score (nSPS) is 11.1. The molecule has 0 bridgehead atoms. The molecule has 114 valence electrons. The summed E-state index contributed by atoms with van der Waals surface area (Å²) < 4.78 is 44.1. The van der Waals surface area contributed by atoms with Crippen LogP contribution < -0.4 is 10.3 Å². The molecule has 0 fully saturated rings. The number of halogens is 4. The minimum absolute atomic E-state index is 0.143. The molecule has 0 unspecified atom stereocenters. The van der Waals surface area contributed by atoms with Gasteiger partial charge < -0.3 is 9.72 Å². The Labute approximate surface area is 127 Å². The van der Waals surface area contributed by atoms with Crippen molar-refractivity contribution in [3.8, 4) is 23.1 Å². The van der Waals surface area contributed by atoms with Gasteiger partial charge in [0.05, 0.1) is 18.4 Å². The third-order valence-electron chi connectivity index (χ3n) is 2.90. The molecule has 1 aromatic heterocycles. The standard InChI is InChI=1S/C14H8ClF3N2O2/c1-22-12-3-2-7(15)4-8(12)11-5-10(14(16,17)18)9(6-19)13(21)20-11/h2-5H,1H3,(H,20,21). The summed E-state index contributed by atoms with van der Waals surface area (Å²) in [4.78, 5) is 14.0. The van der Waals surface area contributed by atoms with Gasteiger partial charge in [-0.1, -0.05) is 11.6 Å². The molecule has 0 aliphatic rings. The lowest BCUT2D eigenvalue weighted by molar-refractivity contribution is -0.137. The van der Waals surface area contributed by atoms with Gasteiger partial charge in [0, 0.05) is 10.6 Å². The van der Waals surface area contributed by atoms with Gasteiger partial charge in [-0.25, -0.2) is 0 Å². The Hall–Kier alpha value is -2.46. The Balaban J connectivity index is 2.79. The van der Waals surface area contributed by atoms with Gasteiger partial charge in [-0.15, -0.1) is 0 Å². The number of nitrogens with one attached hydrogen (secondary N) is 1. The van der Waals surface area contributed by atoms with E-state index >= 15 is 0 Å². The van der Waals surface area contributed by atoms with Gasteiger partial charge in [0.2, 0.25) is 0 Å². The molecule has 4 nitrogen and oxygen atoms in total. The van der Waals surface area contributed by atoms with Crippen LogP contribution >= 0.6 is 11.6 Å². The highest BCUT2D eigenvalue weighted by Crippen LogP contribution is 2.36. The number of aromatic nitrogens is 1. The van der Waals surface area contributed by atoms with Crippen molar-refractivity contribution in [3.63, 3.8) is 0 Å². The van der Waals surface area contributed by atoms with Crippen molar-refractivity contribution in [1.82, 2.24) is 4.98 Å². The number of ether oxygens (including phenoxy) is 1. The molecule has 2 rings (SSSR count). The first-order chi connectivity index (χ1) is 10.3. The van der Waals surface area contributed by atoms with E-state index in [-0.39, 0.29) is 22.0 Å². The number of alkyl halides is 3. The van der Waals surface area contributed by atoms with E-state index in [1.807, 2.05) is 0 Å². The van der Waals surface area contributed by atoms with Crippen LogP contribution in [0.5, 0.6) is 5.75 Å². The van der Waals surface area contributed by atoms with Gasteiger partial charge in [-0.2, -0.15) is 18.4 Å². The van der Waals surface area contributed by atoms with Gasteiger partial charge in [0.15, 0.2) is 0 Å². The fourth-order valence-electron chi connectivity index (χ4n) is 1.93. The van der Waals surface area contributed by atoms with Gasteiger partial charge in [-0.3, -0.25) is 4.79 Å². The van der Waals surface area contributed by atoms with E-state index in [0.717, 1.165) is 0 Å². The quantitative estimate of drug-likeness (QED) is 0.916. The number of methoxy groups -OCH3 is 1. The third kappa shape index (κ3) is 2.92. The van der Waals surface area contributed by atoms with Crippen molar-refractivity contribution in [2.45, 2.75) is 6.18 Å². The van der Waals surface area contributed by atoms with E-state index < -0.39 is 22.9 Å². The van der Waals surface area contributed by atoms with Crippen LogP contribution in [-0.4, -0.2) is 12.1 Å². The highest BCUT2D eigenvalue weighted by Gasteiger charge is 2.35. The maximum atomic E-state index is 13.0. The van der Waals surface area contributed by atoms with Crippen LogP contribution in [0.3, 0.4) is 0 Å². The Morgan fingerprint density at radius 2 is 2.00 bits per heavy atom. The summed E-state index contributed by atoms with van der Waals surface area (Å²) in [5.41, 5.74) is -3.39. The lowest BCUT2D eigenvalue weighted by atomic mass is 10.0. The molecule has 1 N–H and O–H groups in total. The minimum Gasteiger partial charge on any atom is -0.496 e. The van der Waals surface area contributed by atoms with E-state index in [1.54, 1.807) is 0 Å². The van der Waals surface area contributed by atoms with Crippen molar-refractivity contribution >= 4 is 11.6 Å². The number of aromatic amines is 1. The van der Waals surface area contributed by atoms with E-state index in [9.17, 15) is 18.0 Å². The van der Waals surface area contributed by atoms with Gasteiger partial charge >= 0.3 is 6.18 Å². The second-order valence-electron chi connectivity index (χ2n) is 4.25. The molecule has 22 heavy (non-hydrogen) atoms. The van der Waals surface area contributed by atoms with Crippen molar-refractivity contribution < 1.29 is 17.9 Å². The predicted octanol–water partition coefficient (Wildman–Crippen LogP) is 3.59. The van der Waals surface area contributed by atoms with E-state index in [0.29, 0.717) is 6.07 Å². The molecular weight excluding hydrogens is 321 g/mol. The van der Waals surface area contributed by atoms with E-state index in [4.69, 9.17) is 21.6 Å². The zero-order valence-electron chi connectivity index (χ0n) is 11.1. The zero-order valence-corrected chi connectivity index (χ0v) is 11.8. The zero-order chi connectivity index (χ0) is 16.5. The fourth-order valence-corrected chi connectivity index (χ4v) is 2.10. The lowest BCUT2D eigenvalue weighted by Gasteiger charge is -2.13. The van der Waals surface area contributed by atoms with E-state index in [2.05, 4.69) is 4.98 Å². The number of hydrogen-bond acceptors (Lipinski definition) is 3. The molecule has 0 aliphatic carbocycles. The molecule has 0 radical (unpaired) electrons. The summed E-state index contributed by atoms with van der Waals surface area (Å²) in [6, 6.07) is 6.27. The Morgan fingerprint density at radius 1 is 1.32 bits per heavy atom. The van der Waals surface area contributed by atoms with Crippen molar-refractivity contribution in [2.24, 2.45) is 0 Å². The molecule has 0 saturated carbocycles. The Bertz CT molecular complexity index is 822. The number of H-pyrrole nitrogens is 1. The first-order valence-electron chi connectivity index (χ1n) is 5.86. The molecule has 0 aliphatic heterocycles. The number of nitrogens with zero attached hydrogens (tertiary/aromatic N) is 1. The van der Waals surface area contributed by atoms with Gasteiger partial charge in [-0.05, 0) is 24.3 Å². The number of hydrogen-bond donors (Lipinski definition) is 1. The summed E-state index contributed by atoms with van der Waals surface area (Å²) in [5.74, 6) is 0.234. The summed E-state index contributed by atoms with van der Waals surface area (Å²) >= 11 is 5.83. The molecule has 2 aromatic rings. The minimum atomic E-state index is -4.83. The molecule has 0 saturated heterocycles.